The summed E-state index contributed by atoms with van der Waals surface area (Å²) in [5.74, 6) is 0.168. The lowest BCUT2D eigenvalue weighted by molar-refractivity contribution is -0.119. The first-order chi connectivity index (χ1) is 12.9. The number of hydrogen-bond acceptors (Lipinski definition) is 4. The monoisotopic (exact) mass is 370 g/mol. The summed E-state index contributed by atoms with van der Waals surface area (Å²) < 4.78 is 0. The first-order valence-electron chi connectivity index (χ1n) is 9.92. The van der Waals surface area contributed by atoms with Gasteiger partial charge in [0.15, 0.2) is 0 Å². The number of rotatable bonds is 6. The Hall–Kier alpha value is -2.21. The molecule has 27 heavy (non-hydrogen) atoms. The predicted molar refractivity (Wildman–Crippen MR) is 108 cm³/mol. The van der Waals surface area contributed by atoms with E-state index in [1.165, 1.54) is 17.9 Å². The highest BCUT2D eigenvalue weighted by atomic mass is 16.2. The van der Waals surface area contributed by atoms with Crippen molar-refractivity contribution in [3.05, 3.63) is 29.3 Å². The van der Waals surface area contributed by atoms with Crippen molar-refractivity contribution in [1.82, 2.24) is 10.2 Å². The smallest absolute Gasteiger partial charge is 0.267 e. The zero-order valence-electron chi connectivity index (χ0n) is 16.6. The average Bonchev–Trinajstić information content (AvgIpc) is 3.15. The fraction of sp³-hybridized carbons (Fsp3) is 0.571. The van der Waals surface area contributed by atoms with E-state index in [9.17, 15) is 9.59 Å². The van der Waals surface area contributed by atoms with Gasteiger partial charge in [-0.25, -0.2) is 5.01 Å². The van der Waals surface area contributed by atoms with E-state index in [1.807, 2.05) is 32.0 Å². The maximum Gasteiger partial charge on any atom is 0.267 e. The third kappa shape index (κ3) is 4.95. The van der Waals surface area contributed by atoms with Gasteiger partial charge in [-0.15, -0.1) is 0 Å². The standard InChI is InChI=1S/C21H30N4O2/c1-15-6-7-17(3)19(12-15)25-20(26)9-8-18(23-25)21(27)22-13-16(2)14-24-10-4-5-11-24/h6-7,12,16H,4-5,8-11,13-14H2,1-3H3,(H,22,27). The van der Waals surface area contributed by atoms with Gasteiger partial charge in [0.1, 0.15) is 5.71 Å². The van der Waals surface area contributed by atoms with Gasteiger partial charge in [0.2, 0.25) is 5.91 Å². The summed E-state index contributed by atoms with van der Waals surface area (Å²) in [5, 5.41) is 8.80. The van der Waals surface area contributed by atoms with Crippen molar-refractivity contribution in [3.63, 3.8) is 0 Å². The zero-order valence-corrected chi connectivity index (χ0v) is 16.6. The molecule has 1 aromatic carbocycles. The van der Waals surface area contributed by atoms with Crippen LogP contribution in [0.4, 0.5) is 5.69 Å². The lowest BCUT2D eigenvalue weighted by Crippen LogP contribution is -2.41. The normalized spacial score (nSPS) is 19.1. The molecular formula is C21H30N4O2. The lowest BCUT2D eigenvalue weighted by atomic mass is 10.1. The molecule has 2 aliphatic heterocycles. The number of hydrogen-bond donors (Lipinski definition) is 1. The van der Waals surface area contributed by atoms with Crippen LogP contribution >= 0.6 is 0 Å². The summed E-state index contributed by atoms with van der Waals surface area (Å²) in [4.78, 5) is 27.4. The molecule has 0 saturated carbocycles. The molecule has 2 heterocycles. The van der Waals surface area contributed by atoms with E-state index in [-0.39, 0.29) is 11.8 Å². The predicted octanol–water partition coefficient (Wildman–Crippen LogP) is 2.63. The maximum atomic E-state index is 12.6. The number of nitrogens with zero attached hydrogens (tertiary/aromatic N) is 3. The first kappa shape index (κ1) is 19.5. The summed E-state index contributed by atoms with van der Waals surface area (Å²) in [6.45, 7) is 10.1. The number of benzene rings is 1. The van der Waals surface area contributed by atoms with Gasteiger partial charge < -0.3 is 10.2 Å². The van der Waals surface area contributed by atoms with Crippen LogP contribution in [0.3, 0.4) is 0 Å². The molecule has 3 rings (SSSR count). The van der Waals surface area contributed by atoms with Crippen molar-refractivity contribution in [1.29, 1.82) is 0 Å². The first-order valence-corrected chi connectivity index (χ1v) is 9.92. The van der Waals surface area contributed by atoms with E-state index >= 15 is 0 Å². The molecule has 6 heteroatoms. The van der Waals surface area contributed by atoms with Crippen LogP contribution in [-0.4, -0.2) is 48.6 Å². The number of amides is 2. The van der Waals surface area contributed by atoms with Crippen molar-refractivity contribution in [3.8, 4) is 0 Å². The Bertz CT molecular complexity index is 738. The fourth-order valence-electron chi connectivity index (χ4n) is 3.69. The number of anilines is 1. The Balaban J connectivity index is 1.63. The lowest BCUT2D eigenvalue weighted by Gasteiger charge is -2.25. The highest BCUT2D eigenvalue weighted by Gasteiger charge is 2.26. The van der Waals surface area contributed by atoms with Gasteiger partial charge >= 0.3 is 0 Å². The zero-order chi connectivity index (χ0) is 19.4. The molecule has 1 atom stereocenters. The second kappa shape index (κ2) is 8.65. The van der Waals surface area contributed by atoms with Crippen molar-refractivity contribution < 1.29 is 9.59 Å². The fourth-order valence-corrected chi connectivity index (χ4v) is 3.69. The number of hydrazone groups is 1. The van der Waals surface area contributed by atoms with Crippen LogP contribution in [0.5, 0.6) is 0 Å². The SMILES string of the molecule is Cc1ccc(C)c(N2N=C(C(=O)NCC(C)CN3CCCC3)CCC2=O)c1. The van der Waals surface area contributed by atoms with Gasteiger partial charge in [0.05, 0.1) is 5.69 Å². The van der Waals surface area contributed by atoms with Gasteiger partial charge in [0.25, 0.3) is 5.91 Å². The molecule has 1 saturated heterocycles. The summed E-state index contributed by atoms with van der Waals surface area (Å²) >= 11 is 0. The van der Waals surface area contributed by atoms with Crippen LogP contribution in [-0.2, 0) is 9.59 Å². The minimum atomic E-state index is -0.161. The van der Waals surface area contributed by atoms with E-state index in [1.54, 1.807) is 0 Å². The van der Waals surface area contributed by atoms with Gasteiger partial charge in [0, 0.05) is 25.9 Å². The Morgan fingerprint density at radius 1 is 1.22 bits per heavy atom. The van der Waals surface area contributed by atoms with Gasteiger partial charge in [-0.05, 0) is 62.9 Å². The summed E-state index contributed by atoms with van der Waals surface area (Å²) in [6.07, 6.45) is 3.26. The molecule has 0 spiro atoms. The van der Waals surface area contributed by atoms with Crippen molar-refractivity contribution in [2.24, 2.45) is 11.0 Å². The van der Waals surface area contributed by atoms with Gasteiger partial charge in [-0.3, -0.25) is 9.59 Å². The summed E-state index contributed by atoms with van der Waals surface area (Å²) in [5.41, 5.74) is 3.22. The molecule has 0 bridgehead atoms. The molecule has 0 aromatic heterocycles. The molecular weight excluding hydrogens is 340 g/mol. The van der Waals surface area contributed by atoms with Crippen LogP contribution in [0.2, 0.25) is 0 Å². The van der Waals surface area contributed by atoms with E-state index in [4.69, 9.17) is 0 Å². The van der Waals surface area contributed by atoms with E-state index in [0.717, 1.165) is 36.4 Å². The van der Waals surface area contributed by atoms with Crippen LogP contribution in [0.25, 0.3) is 0 Å². The quantitative estimate of drug-likeness (QED) is 0.837. The second-order valence-corrected chi connectivity index (χ2v) is 7.87. The minimum absolute atomic E-state index is 0.0670. The topological polar surface area (TPSA) is 65.0 Å². The third-order valence-electron chi connectivity index (χ3n) is 5.27. The summed E-state index contributed by atoms with van der Waals surface area (Å²) in [7, 11) is 0. The van der Waals surface area contributed by atoms with Gasteiger partial charge in [-0.2, -0.15) is 5.10 Å². The number of nitrogens with one attached hydrogen (secondary N) is 1. The van der Waals surface area contributed by atoms with E-state index in [2.05, 4.69) is 22.2 Å². The number of likely N-dealkylation sites (tertiary alicyclic amines) is 1. The summed E-state index contributed by atoms with van der Waals surface area (Å²) in [6, 6.07) is 5.92. The molecule has 2 amide bonds. The van der Waals surface area contributed by atoms with Crippen molar-refractivity contribution >= 4 is 23.2 Å². The van der Waals surface area contributed by atoms with Crippen LogP contribution in [0, 0.1) is 19.8 Å². The minimum Gasteiger partial charge on any atom is -0.351 e. The number of carbonyl (C=O) groups is 2. The average molecular weight is 370 g/mol. The Morgan fingerprint density at radius 3 is 2.70 bits per heavy atom. The molecule has 1 unspecified atom stereocenters. The van der Waals surface area contributed by atoms with E-state index in [0.29, 0.717) is 31.0 Å². The van der Waals surface area contributed by atoms with E-state index < -0.39 is 0 Å². The Labute approximate surface area is 161 Å². The highest BCUT2D eigenvalue weighted by molar-refractivity contribution is 6.40. The maximum absolute atomic E-state index is 12.6. The molecule has 1 N–H and O–H groups in total. The molecule has 146 valence electrons. The number of carbonyl (C=O) groups excluding carboxylic acids is 2. The molecule has 2 aliphatic rings. The molecule has 1 aromatic rings. The van der Waals surface area contributed by atoms with Crippen LogP contribution in [0.1, 0.15) is 43.7 Å². The molecule has 0 aliphatic carbocycles. The molecule has 0 radical (unpaired) electrons. The Morgan fingerprint density at radius 2 is 1.96 bits per heavy atom. The van der Waals surface area contributed by atoms with Crippen LogP contribution < -0.4 is 10.3 Å². The second-order valence-electron chi connectivity index (χ2n) is 7.87. The van der Waals surface area contributed by atoms with Gasteiger partial charge in [-0.1, -0.05) is 19.1 Å². The molecule has 1 fully saturated rings. The Kier molecular flexibility index (Phi) is 6.26. The van der Waals surface area contributed by atoms with Crippen molar-refractivity contribution in [2.75, 3.05) is 31.2 Å². The largest absolute Gasteiger partial charge is 0.351 e. The third-order valence-corrected chi connectivity index (χ3v) is 5.27. The highest BCUT2D eigenvalue weighted by Crippen LogP contribution is 2.25. The molecule has 6 nitrogen and oxygen atoms in total. The van der Waals surface area contributed by atoms with Crippen molar-refractivity contribution in [2.45, 2.75) is 46.5 Å². The number of aryl methyl sites for hydroxylation is 2. The van der Waals surface area contributed by atoms with Crippen LogP contribution in [0.15, 0.2) is 23.3 Å².